The SMILES string of the molecule is O=S(=O)(O)C(F)(F)C(F)(F)Sc1ccc(Oc2cccc(F)c2)cc1F. The van der Waals surface area contributed by atoms with Gasteiger partial charge in [0.2, 0.25) is 0 Å². The van der Waals surface area contributed by atoms with Crippen LogP contribution in [0, 0.1) is 11.6 Å². The first-order valence-electron chi connectivity index (χ1n) is 6.48. The molecule has 0 amide bonds. The van der Waals surface area contributed by atoms with Gasteiger partial charge in [-0.05, 0) is 36.0 Å². The molecule has 0 spiro atoms. The Morgan fingerprint density at radius 3 is 2.12 bits per heavy atom. The van der Waals surface area contributed by atoms with Gasteiger partial charge in [-0.3, -0.25) is 4.55 Å². The highest BCUT2D eigenvalue weighted by atomic mass is 32.2. The number of ether oxygens (including phenoxy) is 1. The molecule has 0 bridgehead atoms. The highest BCUT2D eigenvalue weighted by Gasteiger charge is 2.66. The molecule has 26 heavy (non-hydrogen) atoms. The molecule has 0 aliphatic carbocycles. The van der Waals surface area contributed by atoms with Crippen LogP contribution in [0.25, 0.3) is 0 Å². The summed E-state index contributed by atoms with van der Waals surface area (Å²) >= 11 is -1.09. The topological polar surface area (TPSA) is 63.6 Å². The van der Waals surface area contributed by atoms with E-state index in [1.165, 1.54) is 12.1 Å². The molecule has 0 aromatic heterocycles. The van der Waals surface area contributed by atoms with Crippen LogP contribution in [0.2, 0.25) is 0 Å². The first-order valence-corrected chi connectivity index (χ1v) is 8.74. The van der Waals surface area contributed by atoms with Crippen LogP contribution in [-0.2, 0) is 10.1 Å². The van der Waals surface area contributed by atoms with Crippen LogP contribution in [0.4, 0.5) is 26.3 Å². The lowest BCUT2D eigenvalue weighted by molar-refractivity contribution is -0.0947. The van der Waals surface area contributed by atoms with Gasteiger partial charge in [-0.25, -0.2) is 8.78 Å². The quantitative estimate of drug-likeness (QED) is 0.410. The lowest BCUT2D eigenvalue weighted by Crippen LogP contribution is -2.44. The number of halogens is 6. The second kappa shape index (κ2) is 7.00. The summed E-state index contributed by atoms with van der Waals surface area (Å²) in [6.07, 6.45) is 0. The number of hydrogen-bond acceptors (Lipinski definition) is 4. The van der Waals surface area contributed by atoms with Gasteiger partial charge in [-0.15, -0.1) is 0 Å². The van der Waals surface area contributed by atoms with E-state index in [0.29, 0.717) is 12.1 Å². The average Bonchev–Trinajstić information content (AvgIpc) is 2.48. The van der Waals surface area contributed by atoms with Crippen molar-refractivity contribution in [1.82, 2.24) is 0 Å². The zero-order valence-corrected chi connectivity index (χ0v) is 13.9. The minimum atomic E-state index is -6.43. The molecule has 2 aromatic rings. The maximum Gasteiger partial charge on any atom is 0.442 e. The first-order chi connectivity index (χ1) is 11.8. The molecule has 0 heterocycles. The lowest BCUT2D eigenvalue weighted by atomic mass is 10.3. The van der Waals surface area contributed by atoms with Crippen molar-refractivity contribution < 1.29 is 44.0 Å². The predicted octanol–water partition coefficient (Wildman–Crippen LogP) is 4.92. The molecule has 0 aliphatic rings. The molecular weight excluding hydrogens is 410 g/mol. The fourth-order valence-electron chi connectivity index (χ4n) is 1.64. The Balaban J connectivity index is 2.25. The minimum absolute atomic E-state index is 0.0342. The molecule has 0 unspecified atom stereocenters. The minimum Gasteiger partial charge on any atom is -0.457 e. The van der Waals surface area contributed by atoms with Gasteiger partial charge < -0.3 is 4.74 Å². The third kappa shape index (κ3) is 4.24. The molecule has 2 rings (SSSR count). The number of rotatable bonds is 6. The van der Waals surface area contributed by atoms with Gasteiger partial charge in [0.25, 0.3) is 0 Å². The summed E-state index contributed by atoms with van der Waals surface area (Å²) in [7, 11) is -6.43. The van der Waals surface area contributed by atoms with Gasteiger partial charge in [-0.2, -0.15) is 26.0 Å². The van der Waals surface area contributed by atoms with Crippen molar-refractivity contribution in [2.75, 3.05) is 0 Å². The predicted molar refractivity (Wildman–Crippen MR) is 80.2 cm³/mol. The molecule has 0 saturated carbocycles. The number of benzene rings is 2. The fraction of sp³-hybridized carbons (Fsp3) is 0.143. The molecule has 0 radical (unpaired) electrons. The van der Waals surface area contributed by atoms with Crippen molar-refractivity contribution >= 4 is 21.9 Å². The van der Waals surface area contributed by atoms with Crippen molar-refractivity contribution in [1.29, 1.82) is 0 Å². The molecule has 1 N–H and O–H groups in total. The molecule has 0 saturated heterocycles. The lowest BCUT2D eigenvalue weighted by Gasteiger charge is -2.23. The summed E-state index contributed by atoms with van der Waals surface area (Å²) in [6, 6.07) is 6.83. The van der Waals surface area contributed by atoms with Crippen LogP contribution < -0.4 is 4.74 Å². The Morgan fingerprint density at radius 1 is 0.962 bits per heavy atom. The number of alkyl halides is 4. The molecule has 2 aromatic carbocycles. The normalized spacial score (nSPS) is 12.9. The second-order valence-electron chi connectivity index (χ2n) is 4.76. The maximum atomic E-state index is 13.9. The van der Waals surface area contributed by atoms with Crippen LogP contribution in [0.5, 0.6) is 11.5 Å². The Morgan fingerprint density at radius 2 is 1.58 bits per heavy atom. The highest BCUT2D eigenvalue weighted by Crippen LogP contribution is 2.49. The second-order valence-corrected chi connectivity index (χ2v) is 7.38. The molecule has 12 heteroatoms. The van der Waals surface area contributed by atoms with E-state index in [2.05, 4.69) is 0 Å². The monoisotopic (exact) mass is 418 g/mol. The van der Waals surface area contributed by atoms with Gasteiger partial charge in [0.15, 0.2) is 0 Å². The van der Waals surface area contributed by atoms with Gasteiger partial charge in [0, 0.05) is 17.0 Å². The van der Waals surface area contributed by atoms with E-state index in [1.807, 2.05) is 0 Å². The molecule has 4 nitrogen and oxygen atoms in total. The third-order valence-electron chi connectivity index (χ3n) is 2.84. The fourth-order valence-corrected chi connectivity index (χ4v) is 3.07. The summed E-state index contributed by atoms with van der Waals surface area (Å²) in [5.74, 6) is -2.35. The van der Waals surface area contributed by atoms with Gasteiger partial charge in [-0.1, -0.05) is 6.07 Å². The molecule has 0 fully saturated rings. The standard InChI is InChI=1S/C14H8F6O4S2/c15-8-2-1-3-9(6-8)24-10-4-5-12(11(16)7-10)25-13(17,18)14(19,20)26(21,22)23/h1-7H,(H,21,22,23). The van der Waals surface area contributed by atoms with Crippen LogP contribution in [0.15, 0.2) is 47.4 Å². The van der Waals surface area contributed by atoms with Crippen molar-refractivity contribution in [2.24, 2.45) is 0 Å². The van der Waals surface area contributed by atoms with Crippen LogP contribution >= 0.6 is 11.8 Å². The Hall–Kier alpha value is -1.92. The van der Waals surface area contributed by atoms with E-state index in [-0.39, 0.29) is 11.5 Å². The Labute approximate surface area is 147 Å². The number of thioether (sulfide) groups is 1. The van der Waals surface area contributed by atoms with Crippen LogP contribution in [0.1, 0.15) is 0 Å². The van der Waals surface area contributed by atoms with Crippen LogP contribution in [-0.4, -0.2) is 23.5 Å². The van der Waals surface area contributed by atoms with Crippen molar-refractivity contribution in [2.45, 2.75) is 15.4 Å². The Kier molecular flexibility index (Phi) is 5.49. The molecule has 142 valence electrons. The Bertz CT molecular complexity index is 917. The van der Waals surface area contributed by atoms with Gasteiger partial charge in [0.1, 0.15) is 23.1 Å². The van der Waals surface area contributed by atoms with Crippen LogP contribution in [0.3, 0.4) is 0 Å². The summed E-state index contributed by atoms with van der Waals surface area (Å²) in [5, 5.41) is -11.2. The third-order valence-corrected chi connectivity index (χ3v) is 4.93. The van der Waals surface area contributed by atoms with E-state index in [4.69, 9.17) is 9.29 Å². The van der Waals surface area contributed by atoms with E-state index in [9.17, 15) is 34.8 Å². The van der Waals surface area contributed by atoms with Gasteiger partial charge >= 0.3 is 20.6 Å². The molecule has 0 atom stereocenters. The van der Waals surface area contributed by atoms with E-state index >= 15 is 0 Å². The summed E-state index contributed by atoms with van der Waals surface area (Å²) in [4.78, 5) is -1.02. The smallest absolute Gasteiger partial charge is 0.442 e. The summed E-state index contributed by atoms with van der Waals surface area (Å²) < 4.78 is 114. The zero-order valence-electron chi connectivity index (χ0n) is 12.3. The molecular formula is C14H8F6O4S2. The summed E-state index contributed by atoms with van der Waals surface area (Å²) in [5.41, 5.74) is 0. The highest BCUT2D eigenvalue weighted by molar-refractivity contribution is 8.01. The molecule has 0 aliphatic heterocycles. The van der Waals surface area contributed by atoms with Crippen molar-refractivity contribution in [3.63, 3.8) is 0 Å². The summed E-state index contributed by atoms with van der Waals surface area (Å²) in [6.45, 7) is 0. The van der Waals surface area contributed by atoms with Crippen molar-refractivity contribution in [3.05, 3.63) is 54.1 Å². The number of hydrogen-bond donors (Lipinski definition) is 1. The maximum absolute atomic E-state index is 13.9. The average molecular weight is 418 g/mol. The zero-order chi connectivity index (χ0) is 19.8. The van der Waals surface area contributed by atoms with Crippen molar-refractivity contribution in [3.8, 4) is 11.5 Å². The largest absolute Gasteiger partial charge is 0.457 e. The van der Waals surface area contributed by atoms with E-state index in [1.54, 1.807) is 0 Å². The van der Waals surface area contributed by atoms with E-state index < -0.39 is 48.9 Å². The van der Waals surface area contributed by atoms with E-state index in [0.717, 1.165) is 18.2 Å². The van der Waals surface area contributed by atoms with Gasteiger partial charge in [0.05, 0.1) is 0 Å². The first kappa shape index (κ1) is 20.4.